The van der Waals surface area contributed by atoms with Gasteiger partial charge in [-0.2, -0.15) is 0 Å². The van der Waals surface area contributed by atoms with E-state index in [0.29, 0.717) is 28.0 Å². The summed E-state index contributed by atoms with van der Waals surface area (Å²) in [4.78, 5) is 0.551. The Morgan fingerprint density at radius 3 is 2.80 bits per heavy atom. The summed E-state index contributed by atoms with van der Waals surface area (Å²) in [7, 11) is -1.23. The predicted molar refractivity (Wildman–Crippen MR) is 86.8 cm³/mol. The van der Waals surface area contributed by atoms with Gasteiger partial charge < -0.3 is 10.5 Å². The van der Waals surface area contributed by atoms with E-state index in [1.54, 1.807) is 18.2 Å². The molecule has 2 rings (SSSR count). The van der Waals surface area contributed by atoms with Crippen LogP contribution in [0.5, 0.6) is 5.75 Å². The van der Waals surface area contributed by atoms with Crippen molar-refractivity contribution < 1.29 is 8.95 Å². The van der Waals surface area contributed by atoms with Crippen molar-refractivity contribution in [3.8, 4) is 5.75 Å². The van der Waals surface area contributed by atoms with Crippen molar-refractivity contribution in [2.75, 3.05) is 18.1 Å². The van der Waals surface area contributed by atoms with E-state index in [9.17, 15) is 4.21 Å². The first-order valence-electron chi connectivity index (χ1n) is 5.88. The number of nitrogens with two attached hydrogens (primary N) is 1. The van der Waals surface area contributed by atoms with Gasteiger partial charge in [0.05, 0.1) is 21.4 Å². The standard InChI is InChI=1S/C14H13BrClNO2S/c15-10-2-1-3-12(8-10)19-6-7-20(18)14-9-11(16)4-5-13(14)17/h1-5,8-9H,6-7,17H2. The molecule has 0 aliphatic heterocycles. The third-order valence-corrected chi connectivity index (χ3v) is 4.66. The van der Waals surface area contributed by atoms with E-state index in [-0.39, 0.29) is 0 Å². The molecule has 0 saturated heterocycles. The van der Waals surface area contributed by atoms with Crippen molar-refractivity contribution in [1.29, 1.82) is 0 Å². The second-order valence-electron chi connectivity index (χ2n) is 4.04. The molecule has 0 bridgehead atoms. The minimum Gasteiger partial charge on any atom is -0.493 e. The van der Waals surface area contributed by atoms with Gasteiger partial charge in [0.1, 0.15) is 12.4 Å². The third kappa shape index (κ3) is 4.23. The van der Waals surface area contributed by atoms with Gasteiger partial charge in [0.25, 0.3) is 0 Å². The maximum absolute atomic E-state index is 12.2. The highest BCUT2D eigenvalue weighted by molar-refractivity contribution is 9.10. The van der Waals surface area contributed by atoms with Gasteiger partial charge in [0.2, 0.25) is 0 Å². The molecule has 0 aliphatic carbocycles. The number of ether oxygens (including phenoxy) is 1. The molecule has 0 spiro atoms. The van der Waals surface area contributed by atoms with Crippen LogP contribution in [-0.4, -0.2) is 16.6 Å². The van der Waals surface area contributed by atoms with Crippen molar-refractivity contribution in [2.24, 2.45) is 0 Å². The number of hydrogen-bond acceptors (Lipinski definition) is 3. The predicted octanol–water partition coefficient (Wildman–Crippen LogP) is 3.87. The summed E-state index contributed by atoms with van der Waals surface area (Å²) < 4.78 is 18.7. The summed E-state index contributed by atoms with van der Waals surface area (Å²) in [6.45, 7) is 0.342. The van der Waals surface area contributed by atoms with E-state index in [1.165, 1.54) is 0 Å². The van der Waals surface area contributed by atoms with Crippen LogP contribution in [0.15, 0.2) is 51.8 Å². The van der Waals surface area contributed by atoms with Gasteiger partial charge in [0.15, 0.2) is 0 Å². The number of hydrogen-bond donors (Lipinski definition) is 1. The minimum atomic E-state index is -1.23. The van der Waals surface area contributed by atoms with E-state index in [4.69, 9.17) is 22.1 Å². The van der Waals surface area contributed by atoms with Crippen molar-refractivity contribution in [3.63, 3.8) is 0 Å². The second kappa shape index (κ2) is 7.11. The molecule has 20 heavy (non-hydrogen) atoms. The van der Waals surface area contributed by atoms with Crippen molar-refractivity contribution in [2.45, 2.75) is 4.90 Å². The molecule has 2 N–H and O–H groups in total. The topological polar surface area (TPSA) is 52.3 Å². The molecule has 2 aromatic carbocycles. The number of nitrogen functional groups attached to an aromatic ring is 1. The number of benzene rings is 2. The smallest absolute Gasteiger partial charge is 0.120 e. The Morgan fingerprint density at radius 2 is 2.05 bits per heavy atom. The Kier molecular flexibility index (Phi) is 5.46. The molecule has 2 aromatic rings. The van der Waals surface area contributed by atoms with Crippen LogP contribution < -0.4 is 10.5 Å². The Balaban J connectivity index is 1.94. The lowest BCUT2D eigenvalue weighted by atomic mass is 10.3. The first kappa shape index (κ1) is 15.4. The van der Waals surface area contributed by atoms with Crippen LogP contribution in [0.3, 0.4) is 0 Å². The molecule has 1 unspecified atom stereocenters. The molecular weight excluding hydrogens is 362 g/mol. The van der Waals surface area contributed by atoms with Crippen LogP contribution in [0, 0.1) is 0 Å². The number of halogens is 2. The zero-order valence-electron chi connectivity index (χ0n) is 10.5. The van der Waals surface area contributed by atoms with Crippen LogP contribution in [0.4, 0.5) is 5.69 Å². The summed E-state index contributed by atoms with van der Waals surface area (Å²) in [5.74, 6) is 1.09. The number of anilines is 1. The van der Waals surface area contributed by atoms with E-state index in [0.717, 1.165) is 10.2 Å². The van der Waals surface area contributed by atoms with Crippen molar-refractivity contribution in [3.05, 3.63) is 52.0 Å². The maximum atomic E-state index is 12.2. The van der Waals surface area contributed by atoms with Crippen LogP contribution in [-0.2, 0) is 10.8 Å². The van der Waals surface area contributed by atoms with Gasteiger partial charge in [-0.25, -0.2) is 0 Å². The third-order valence-electron chi connectivity index (χ3n) is 2.55. The Morgan fingerprint density at radius 1 is 1.25 bits per heavy atom. The van der Waals surface area contributed by atoms with Crippen molar-refractivity contribution in [1.82, 2.24) is 0 Å². The molecule has 0 radical (unpaired) electrons. The minimum absolute atomic E-state index is 0.342. The first-order chi connectivity index (χ1) is 9.56. The van der Waals surface area contributed by atoms with Crippen molar-refractivity contribution >= 4 is 44.0 Å². The van der Waals surface area contributed by atoms with E-state index < -0.39 is 10.8 Å². The highest BCUT2D eigenvalue weighted by Crippen LogP contribution is 2.22. The Hall–Kier alpha value is -1.04. The number of rotatable bonds is 5. The summed E-state index contributed by atoms with van der Waals surface area (Å²) in [6, 6.07) is 12.5. The average Bonchev–Trinajstić information content (AvgIpc) is 2.41. The molecule has 106 valence electrons. The zero-order valence-corrected chi connectivity index (χ0v) is 13.7. The first-order valence-corrected chi connectivity index (χ1v) is 8.37. The zero-order chi connectivity index (χ0) is 14.5. The largest absolute Gasteiger partial charge is 0.493 e. The molecule has 0 fully saturated rings. The van der Waals surface area contributed by atoms with Gasteiger partial charge in [-0.1, -0.05) is 33.6 Å². The van der Waals surface area contributed by atoms with E-state index >= 15 is 0 Å². The summed E-state index contributed by atoms with van der Waals surface area (Å²) in [5.41, 5.74) is 6.28. The fraction of sp³-hybridized carbons (Fsp3) is 0.143. The summed E-state index contributed by atoms with van der Waals surface area (Å²) in [5, 5.41) is 0.524. The fourth-order valence-corrected chi connectivity index (χ4v) is 3.27. The highest BCUT2D eigenvalue weighted by atomic mass is 79.9. The highest BCUT2D eigenvalue weighted by Gasteiger charge is 2.09. The average molecular weight is 375 g/mol. The second-order valence-corrected chi connectivity index (χ2v) is 6.93. The molecule has 0 aliphatic rings. The molecule has 0 amide bonds. The maximum Gasteiger partial charge on any atom is 0.120 e. The SMILES string of the molecule is Nc1ccc(Cl)cc1S(=O)CCOc1cccc(Br)c1. The molecule has 0 saturated carbocycles. The lowest BCUT2D eigenvalue weighted by Gasteiger charge is -2.08. The van der Waals surface area contributed by atoms with Gasteiger partial charge in [0, 0.05) is 15.2 Å². The van der Waals surface area contributed by atoms with Crippen LogP contribution in [0.1, 0.15) is 0 Å². The normalized spacial score (nSPS) is 12.1. The van der Waals surface area contributed by atoms with Crippen LogP contribution >= 0.6 is 27.5 Å². The Bertz CT molecular complexity index is 636. The van der Waals surface area contributed by atoms with Gasteiger partial charge in [-0.3, -0.25) is 4.21 Å². The van der Waals surface area contributed by atoms with E-state index in [1.807, 2.05) is 24.3 Å². The fourth-order valence-electron chi connectivity index (χ4n) is 1.61. The molecule has 0 heterocycles. The quantitative estimate of drug-likeness (QED) is 0.808. The molecular formula is C14H13BrClNO2S. The van der Waals surface area contributed by atoms with Crippen LogP contribution in [0.25, 0.3) is 0 Å². The van der Waals surface area contributed by atoms with Gasteiger partial charge in [-0.15, -0.1) is 0 Å². The van der Waals surface area contributed by atoms with Crippen LogP contribution in [0.2, 0.25) is 5.02 Å². The van der Waals surface area contributed by atoms with Gasteiger partial charge in [-0.05, 0) is 36.4 Å². The molecule has 1 atom stereocenters. The molecule has 6 heteroatoms. The monoisotopic (exact) mass is 373 g/mol. The summed E-state index contributed by atoms with van der Waals surface area (Å²) >= 11 is 9.25. The lowest BCUT2D eigenvalue weighted by molar-refractivity contribution is 0.342. The Labute approximate surface area is 133 Å². The summed E-state index contributed by atoms with van der Waals surface area (Å²) in [6.07, 6.45) is 0. The van der Waals surface area contributed by atoms with E-state index in [2.05, 4.69) is 15.9 Å². The molecule has 0 aromatic heterocycles. The van der Waals surface area contributed by atoms with Gasteiger partial charge >= 0.3 is 0 Å². The lowest BCUT2D eigenvalue weighted by Crippen LogP contribution is -2.10. The molecule has 3 nitrogen and oxygen atoms in total.